The summed E-state index contributed by atoms with van der Waals surface area (Å²) in [5.41, 5.74) is 1.83. The van der Waals surface area contributed by atoms with Gasteiger partial charge in [0, 0.05) is 63.1 Å². The van der Waals surface area contributed by atoms with Crippen LogP contribution in [0.5, 0.6) is 0 Å². The van der Waals surface area contributed by atoms with E-state index in [0.717, 1.165) is 51.0 Å². The van der Waals surface area contributed by atoms with Crippen LogP contribution in [0.4, 0.5) is 16.2 Å². The van der Waals surface area contributed by atoms with Crippen LogP contribution in [0.25, 0.3) is 0 Å². The molecule has 0 spiro atoms. The molecule has 3 rings (SSSR count). The first-order valence-electron chi connectivity index (χ1n) is 11.7. The van der Waals surface area contributed by atoms with Crippen molar-refractivity contribution in [2.75, 3.05) is 49.5 Å². The van der Waals surface area contributed by atoms with Crippen molar-refractivity contribution in [3.8, 4) is 0 Å². The van der Waals surface area contributed by atoms with Crippen LogP contribution in [0.2, 0.25) is 0 Å². The van der Waals surface area contributed by atoms with Gasteiger partial charge < -0.3 is 25.3 Å². The van der Waals surface area contributed by atoms with E-state index < -0.39 is 0 Å². The summed E-state index contributed by atoms with van der Waals surface area (Å²) < 4.78 is 0. The lowest BCUT2D eigenvalue weighted by atomic mass is 10.1. The highest BCUT2D eigenvalue weighted by Gasteiger charge is 2.27. The molecule has 1 aromatic rings. The summed E-state index contributed by atoms with van der Waals surface area (Å²) in [6.07, 6.45) is 4.02. The molecule has 0 aromatic heterocycles. The number of benzene rings is 1. The normalized spacial score (nSPS) is 17.6. The van der Waals surface area contributed by atoms with E-state index in [9.17, 15) is 14.4 Å². The smallest absolute Gasteiger partial charge is 0.317 e. The molecular weight excluding hydrogens is 406 g/mol. The predicted molar refractivity (Wildman–Crippen MR) is 127 cm³/mol. The summed E-state index contributed by atoms with van der Waals surface area (Å²) >= 11 is 0. The van der Waals surface area contributed by atoms with Gasteiger partial charge in [-0.15, -0.1) is 0 Å². The SMILES string of the molecule is CC(=O)Nc1ccc(N2CCCN(C(=O)NC(C)(C)C)CC2)c(C(=O)N2CCCCC2)c1. The second-order valence-corrected chi connectivity index (χ2v) is 9.77. The van der Waals surface area contributed by atoms with Crippen molar-refractivity contribution in [2.45, 2.75) is 58.9 Å². The third kappa shape index (κ3) is 6.37. The number of amides is 4. The number of nitrogens with zero attached hydrogens (tertiary/aromatic N) is 3. The molecule has 8 heteroatoms. The molecule has 32 heavy (non-hydrogen) atoms. The predicted octanol–water partition coefficient (Wildman–Crippen LogP) is 3.29. The molecule has 0 unspecified atom stereocenters. The Morgan fingerprint density at radius 3 is 2.19 bits per heavy atom. The monoisotopic (exact) mass is 443 g/mol. The van der Waals surface area contributed by atoms with Crippen LogP contribution in [0, 0.1) is 0 Å². The molecule has 2 heterocycles. The van der Waals surface area contributed by atoms with Crippen molar-refractivity contribution >= 4 is 29.2 Å². The Bertz CT molecular complexity index is 843. The molecule has 4 amide bonds. The summed E-state index contributed by atoms with van der Waals surface area (Å²) in [7, 11) is 0. The zero-order valence-electron chi connectivity index (χ0n) is 19.9. The van der Waals surface area contributed by atoms with E-state index in [1.165, 1.54) is 6.92 Å². The van der Waals surface area contributed by atoms with E-state index in [1.54, 1.807) is 6.07 Å². The molecule has 2 fully saturated rings. The molecule has 2 N–H and O–H groups in total. The Kier molecular flexibility index (Phi) is 7.64. The van der Waals surface area contributed by atoms with Crippen molar-refractivity contribution in [2.24, 2.45) is 0 Å². The van der Waals surface area contributed by atoms with E-state index in [2.05, 4.69) is 15.5 Å². The number of hydrogen-bond acceptors (Lipinski definition) is 4. The first-order valence-corrected chi connectivity index (χ1v) is 11.7. The summed E-state index contributed by atoms with van der Waals surface area (Å²) in [5, 5.41) is 5.84. The van der Waals surface area contributed by atoms with Crippen molar-refractivity contribution in [3.63, 3.8) is 0 Å². The minimum absolute atomic E-state index is 0.0125. The summed E-state index contributed by atoms with van der Waals surface area (Å²) in [5.74, 6) is -0.150. The van der Waals surface area contributed by atoms with Crippen LogP contribution in [0.1, 0.15) is 63.7 Å². The van der Waals surface area contributed by atoms with E-state index in [-0.39, 0.29) is 23.4 Å². The Morgan fingerprint density at radius 1 is 0.844 bits per heavy atom. The second kappa shape index (κ2) is 10.2. The third-order valence-electron chi connectivity index (χ3n) is 5.80. The number of piperidine rings is 1. The van der Waals surface area contributed by atoms with Crippen LogP contribution < -0.4 is 15.5 Å². The number of urea groups is 1. The zero-order valence-corrected chi connectivity index (χ0v) is 19.9. The van der Waals surface area contributed by atoms with Gasteiger partial charge in [0.25, 0.3) is 5.91 Å². The lowest BCUT2D eigenvalue weighted by Gasteiger charge is -2.31. The number of nitrogens with one attached hydrogen (secondary N) is 2. The molecule has 0 saturated carbocycles. The fourth-order valence-electron chi connectivity index (χ4n) is 4.29. The zero-order chi connectivity index (χ0) is 23.3. The molecule has 2 saturated heterocycles. The fourth-order valence-corrected chi connectivity index (χ4v) is 4.29. The molecular formula is C24H37N5O3. The molecule has 0 atom stereocenters. The van der Waals surface area contributed by atoms with E-state index in [4.69, 9.17) is 0 Å². The maximum atomic E-state index is 13.4. The maximum absolute atomic E-state index is 13.4. The largest absolute Gasteiger partial charge is 0.369 e. The first-order chi connectivity index (χ1) is 15.1. The van der Waals surface area contributed by atoms with Gasteiger partial charge in [-0.2, -0.15) is 0 Å². The Labute approximate surface area is 191 Å². The quantitative estimate of drug-likeness (QED) is 0.751. The van der Waals surface area contributed by atoms with Gasteiger partial charge in [0.05, 0.1) is 5.56 Å². The Morgan fingerprint density at radius 2 is 1.53 bits per heavy atom. The molecule has 2 aliphatic rings. The van der Waals surface area contributed by atoms with Gasteiger partial charge in [0.15, 0.2) is 0 Å². The Hall–Kier alpha value is -2.77. The minimum atomic E-state index is -0.281. The van der Waals surface area contributed by atoms with Crippen molar-refractivity contribution in [1.82, 2.24) is 15.1 Å². The standard InChI is InChI=1S/C24H37N5O3/c1-18(30)25-19-9-10-21(20(17-19)22(31)28-11-6-5-7-12-28)27-13-8-14-29(16-15-27)23(32)26-24(2,3)4/h9-10,17H,5-8,11-16H2,1-4H3,(H,25,30)(H,26,32). The van der Waals surface area contributed by atoms with Gasteiger partial charge >= 0.3 is 6.03 Å². The molecule has 1 aromatic carbocycles. The second-order valence-electron chi connectivity index (χ2n) is 9.77. The average molecular weight is 444 g/mol. The number of carbonyl (C=O) groups is 3. The molecule has 8 nitrogen and oxygen atoms in total. The third-order valence-corrected chi connectivity index (χ3v) is 5.80. The molecule has 0 radical (unpaired) electrons. The van der Waals surface area contributed by atoms with E-state index in [1.807, 2.05) is 42.7 Å². The Balaban J connectivity index is 1.81. The van der Waals surface area contributed by atoms with Gasteiger partial charge in [-0.05, 0) is 64.7 Å². The highest BCUT2D eigenvalue weighted by molar-refractivity contribution is 6.02. The van der Waals surface area contributed by atoms with Gasteiger partial charge in [-0.25, -0.2) is 4.79 Å². The first kappa shape index (κ1) is 23.9. The van der Waals surface area contributed by atoms with Crippen molar-refractivity contribution in [3.05, 3.63) is 23.8 Å². The van der Waals surface area contributed by atoms with Crippen LogP contribution >= 0.6 is 0 Å². The topological polar surface area (TPSA) is 85.0 Å². The fraction of sp³-hybridized carbons (Fsp3) is 0.625. The minimum Gasteiger partial charge on any atom is -0.369 e. The van der Waals surface area contributed by atoms with Crippen LogP contribution in [-0.2, 0) is 4.79 Å². The highest BCUT2D eigenvalue weighted by atomic mass is 16.2. The van der Waals surface area contributed by atoms with E-state index >= 15 is 0 Å². The lowest BCUT2D eigenvalue weighted by molar-refractivity contribution is -0.114. The number of rotatable bonds is 3. The molecule has 0 aliphatic carbocycles. The number of likely N-dealkylation sites (tertiary alicyclic amines) is 1. The average Bonchev–Trinajstić information content (AvgIpc) is 2.98. The summed E-state index contributed by atoms with van der Waals surface area (Å²) in [4.78, 5) is 43.6. The number of carbonyl (C=O) groups excluding carboxylic acids is 3. The lowest BCUT2D eigenvalue weighted by Crippen LogP contribution is -2.49. The van der Waals surface area contributed by atoms with Crippen LogP contribution in [-0.4, -0.2) is 72.5 Å². The van der Waals surface area contributed by atoms with E-state index in [0.29, 0.717) is 30.9 Å². The van der Waals surface area contributed by atoms with Gasteiger partial charge in [-0.1, -0.05) is 0 Å². The van der Waals surface area contributed by atoms with Gasteiger partial charge in [0.2, 0.25) is 5.91 Å². The molecule has 176 valence electrons. The number of anilines is 2. The summed E-state index contributed by atoms with van der Waals surface area (Å²) in [6.45, 7) is 11.6. The summed E-state index contributed by atoms with van der Waals surface area (Å²) in [6, 6.07) is 5.51. The van der Waals surface area contributed by atoms with Crippen molar-refractivity contribution in [1.29, 1.82) is 0 Å². The molecule has 2 aliphatic heterocycles. The van der Waals surface area contributed by atoms with Gasteiger partial charge in [0.1, 0.15) is 0 Å². The number of hydrogen-bond donors (Lipinski definition) is 2. The maximum Gasteiger partial charge on any atom is 0.317 e. The molecule has 0 bridgehead atoms. The van der Waals surface area contributed by atoms with Gasteiger partial charge in [-0.3, -0.25) is 9.59 Å². The highest BCUT2D eigenvalue weighted by Crippen LogP contribution is 2.28. The van der Waals surface area contributed by atoms with Crippen LogP contribution in [0.3, 0.4) is 0 Å². The van der Waals surface area contributed by atoms with Crippen LogP contribution in [0.15, 0.2) is 18.2 Å². The van der Waals surface area contributed by atoms with Crippen molar-refractivity contribution < 1.29 is 14.4 Å².